The Morgan fingerprint density at radius 2 is 2.20 bits per heavy atom. The molecular weight excluding hydrogens is 340 g/mol. The van der Waals surface area contributed by atoms with E-state index in [0.29, 0.717) is 12.2 Å². The molecule has 132 valence electrons. The number of hydrogen-bond acceptors (Lipinski definition) is 6. The molecule has 1 saturated heterocycles. The highest BCUT2D eigenvalue weighted by atomic mass is 32.2. The number of fused-ring (bicyclic) bond motifs is 3. The molecular formula is C16H20N6O2S. The van der Waals surface area contributed by atoms with Crippen LogP contribution in [-0.4, -0.2) is 53.7 Å². The average Bonchev–Trinajstić information content (AvgIpc) is 3.01. The van der Waals surface area contributed by atoms with Gasteiger partial charge in [-0.3, -0.25) is 0 Å². The van der Waals surface area contributed by atoms with E-state index in [1.165, 1.54) is 6.26 Å². The van der Waals surface area contributed by atoms with Gasteiger partial charge in [0.1, 0.15) is 11.6 Å². The Hall–Kier alpha value is -2.26. The number of piperidine rings is 1. The topological polar surface area (TPSA) is 104 Å². The molecule has 9 heteroatoms. The minimum Gasteiger partial charge on any atom is -0.354 e. The molecule has 4 rings (SSSR count). The van der Waals surface area contributed by atoms with E-state index < -0.39 is 10.0 Å². The molecule has 1 aliphatic rings. The predicted molar refractivity (Wildman–Crippen MR) is 97.1 cm³/mol. The lowest BCUT2D eigenvalue weighted by Crippen LogP contribution is -2.47. The van der Waals surface area contributed by atoms with Crippen molar-refractivity contribution in [2.45, 2.75) is 25.8 Å². The van der Waals surface area contributed by atoms with Crippen LogP contribution < -0.4 is 9.62 Å². The lowest BCUT2D eigenvalue weighted by molar-refractivity contribution is 0.466. The van der Waals surface area contributed by atoms with Crippen LogP contribution in [0.15, 0.2) is 18.5 Å². The molecule has 0 saturated carbocycles. The summed E-state index contributed by atoms with van der Waals surface area (Å²) < 4.78 is 25.9. The second-order valence-corrected chi connectivity index (χ2v) is 8.33. The molecule has 1 aliphatic heterocycles. The van der Waals surface area contributed by atoms with Gasteiger partial charge in [-0.25, -0.2) is 28.1 Å². The standard InChI is InChI=1S/C16H20N6O2S/c1-10-19-13-8-18-15-12(5-6-17-15)14(13)16(20-10)22-7-3-4-11(9-22)21-25(2,23)24/h5-6,8,11,21H,3-4,7,9H2,1-2H3,(H,19,20). The predicted octanol–water partition coefficient (Wildman–Crippen LogP) is 1.33. The summed E-state index contributed by atoms with van der Waals surface area (Å²) in [5.41, 5.74) is 1.59. The van der Waals surface area contributed by atoms with Crippen molar-refractivity contribution in [1.29, 1.82) is 0 Å². The van der Waals surface area contributed by atoms with E-state index in [0.717, 1.165) is 47.3 Å². The van der Waals surface area contributed by atoms with E-state index in [1.54, 1.807) is 12.4 Å². The Bertz CT molecular complexity index is 1050. The minimum absolute atomic E-state index is 0.111. The summed E-state index contributed by atoms with van der Waals surface area (Å²) >= 11 is 0. The van der Waals surface area contributed by atoms with Crippen molar-refractivity contribution in [3.8, 4) is 0 Å². The number of pyridine rings is 1. The van der Waals surface area contributed by atoms with Crippen molar-refractivity contribution < 1.29 is 8.42 Å². The monoisotopic (exact) mass is 360 g/mol. The highest BCUT2D eigenvalue weighted by Crippen LogP contribution is 2.31. The molecule has 4 heterocycles. The van der Waals surface area contributed by atoms with Crippen molar-refractivity contribution in [3.05, 3.63) is 24.3 Å². The van der Waals surface area contributed by atoms with Crippen molar-refractivity contribution in [3.63, 3.8) is 0 Å². The zero-order valence-corrected chi connectivity index (χ0v) is 15.0. The van der Waals surface area contributed by atoms with Gasteiger partial charge in [0.2, 0.25) is 10.0 Å². The molecule has 0 radical (unpaired) electrons. The maximum Gasteiger partial charge on any atom is 0.209 e. The van der Waals surface area contributed by atoms with Gasteiger partial charge in [-0.2, -0.15) is 0 Å². The normalized spacial score (nSPS) is 19.0. The molecule has 0 bridgehead atoms. The maximum atomic E-state index is 11.6. The molecule has 1 atom stereocenters. The molecule has 3 aromatic rings. The first-order valence-electron chi connectivity index (χ1n) is 8.23. The van der Waals surface area contributed by atoms with Gasteiger partial charge in [-0.05, 0) is 25.8 Å². The van der Waals surface area contributed by atoms with Gasteiger partial charge < -0.3 is 9.88 Å². The minimum atomic E-state index is -3.23. The van der Waals surface area contributed by atoms with Crippen LogP contribution in [0, 0.1) is 6.92 Å². The SMILES string of the molecule is Cc1nc(N2CCCC(NS(C)(=O)=O)C2)c2c(cnc3nccc32)[nH]1. The molecule has 0 amide bonds. The third-order valence-electron chi connectivity index (χ3n) is 4.45. The Kier molecular flexibility index (Phi) is 3.84. The first-order chi connectivity index (χ1) is 11.9. The van der Waals surface area contributed by atoms with Crippen LogP contribution in [0.4, 0.5) is 5.82 Å². The summed E-state index contributed by atoms with van der Waals surface area (Å²) in [4.78, 5) is 18.8. The summed E-state index contributed by atoms with van der Waals surface area (Å²) in [5, 5.41) is 1.93. The molecule has 1 fully saturated rings. The van der Waals surface area contributed by atoms with E-state index in [4.69, 9.17) is 4.98 Å². The molecule has 8 nitrogen and oxygen atoms in total. The highest BCUT2D eigenvalue weighted by Gasteiger charge is 2.25. The summed E-state index contributed by atoms with van der Waals surface area (Å²) in [7, 11) is -3.23. The van der Waals surface area contributed by atoms with Gasteiger partial charge in [0.05, 0.1) is 23.4 Å². The Morgan fingerprint density at radius 1 is 1.36 bits per heavy atom. The number of H-pyrrole nitrogens is 1. The fourth-order valence-corrected chi connectivity index (χ4v) is 4.33. The number of anilines is 1. The molecule has 1 unspecified atom stereocenters. The second kappa shape index (κ2) is 5.92. The van der Waals surface area contributed by atoms with Crippen LogP contribution in [0.25, 0.3) is 21.9 Å². The number of nitrogens with zero attached hydrogens (tertiary/aromatic N) is 4. The summed E-state index contributed by atoms with van der Waals surface area (Å²) in [6, 6.07) is 1.83. The van der Waals surface area contributed by atoms with Gasteiger partial charge in [0.15, 0.2) is 5.65 Å². The fourth-order valence-electron chi connectivity index (χ4n) is 3.53. The van der Waals surface area contributed by atoms with Crippen LogP contribution in [0.2, 0.25) is 0 Å². The number of aryl methyl sites for hydroxylation is 1. The Morgan fingerprint density at radius 3 is 3.00 bits per heavy atom. The highest BCUT2D eigenvalue weighted by molar-refractivity contribution is 7.88. The Labute approximate surface area is 145 Å². The lowest BCUT2D eigenvalue weighted by Gasteiger charge is -2.34. The van der Waals surface area contributed by atoms with Gasteiger partial charge in [-0.15, -0.1) is 0 Å². The largest absolute Gasteiger partial charge is 0.354 e. The third kappa shape index (κ3) is 3.16. The summed E-state index contributed by atoms with van der Waals surface area (Å²) in [6.45, 7) is 3.34. The van der Waals surface area contributed by atoms with Gasteiger partial charge in [0.25, 0.3) is 0 Å². The molecule has 25 heavy (non-hydrogen) atoms. The summed E-state index contributed by atoms with van der Waals surface area (Å²) in [6.07, 6.45) is 6.45. The van der Waals surface area contributed by atoms with Crippen LogP contribution in [0.1, 0.15) is 18.7 Å². The quantitative estimate of drug-likeness (QED) is 0.730. The smallest absolute Gasteiger partial charge is 0.209 e. The van der Waals surface area contributed by atoms with Crippen LogP contribution in [0.3, 0.4) is 0 Å². The first-order valence-corrected chi connectivity index (χ1v) is 10.1. The molecule has 3 aromatic heterocycles. The lowest BCUT2D eigenvalue weighted by atomic mass is 10.1. The van der Waals surface area contributed by atoms with Gasteiger partial charge in [0, 0.05) is 30.7 Å². The van der Waals surface area contributed by atoms with E-state index in [2.05, 4.69) is 24.6 Å². The molecule has 0 aliphatic carbocycles. The van der Waals surface area contributed by atoms with E-state index in [1.807, 2.05) is 13.0 Å². The number of aromatic amines is 1. The fraction of sp³-hybridized carbons (Fsp3) is 0.438. The van der Waals surface area contributed by atoms with Crippen molar-refractivity contribution in [2.75, 3.05) is 24.2 Å². The second-order valence-electron chi connectivity index (χ2n) is 6.55. The van der Waals surface area contributed by atoms with Gasteiger partial charge in [-0.1, -0.05) is 0 Å². The first kappa shape index (κ1) is 16.2. The van der Waals surface area contributed by atoms with Crippen molar-refractivity contribution in [1.82, 2.24) is 24.7 Å². The molecule has 2 N–H and O–H groups in total. The average molecular weight is 360 g/mol. The number of rotatable bonds is 3. The maximum absolute atomic E-state index is 11.6. The van der Waals surface area contributed by atoms with Crippen LogP contribution >= 0.6 is 0 Å². The van der Waals surface area contributed by atoms with E-state index in [-0.39, 0.29) is 6.04 Å². The van der Waals surface area contributed by atoms with E-state index in [9.17, 15) is 8.42 Å². The molecule has 0 aromatic carbocycles. The van der Waals surface area contributed by atoms with Crippen molar-refractivity contribution in [2.24, 2.45) is 0 Å². The van der Waals surface area contributed by atoms with Crippen LogP contribution in [-0.2, 0) is 10.0 Å². The number of hydrogen-bond donors (Lipinski definition) is 2. The number of aromatic nitrogens is 4. The third-order valence-corrected chi connectivity index (χ3v) is 5.21. The molecule has 0 spiro atoms. The van der Waals surface area contributed by atoms with Gasteiger partial charge >= 0.3 is 0 Å². The Balaban J connectivity index is 1.81. The summed E-state index contributed by atoms with van der Waals surface area (Å²) in [5.74, 6) is 1.65. The number of sulfonamides is 1. The van der Waals surface area contributed by atoms with Crippen molar-refractivity contribution >= 4 is 37.8 Å². The zero-order valence-electron chi connectivity index (χ0n) is 14.2. The number of nitrogens with one attached hydrogen (secondary N) is 2. The zero-order chi connectivity index (χ0) is 17.6. The van der Waals surface area contributed by atoms with Crippen LogP contribution in [0.5, 0.6) is 0 Å². The van der Waals surface area contributed by atoms with E-state index >= 15 is 0 Å².